The van der Waals surface area contributed by atoms with E-state index in [4.69, 9.17) is 18.9 Å². The molecule has 4 heteroatoms. The third kappa shape index (κ3) is 3.15. The zero-order valence-electron chi connectivity index (χ0n) is 16.2. The molecule has 7 rings (SSSR count). The van der Waals surface area contributed by atoms with E-state index in [2.05, 4.69) is 19.1 Å². The van der Waals surface area contributed by atoms with Crippen LogP contribution in [0.4, 0.5) is 0 Å². The predicted molar refractivity (Wildman–Crippen MR) is 101 cm³/mol. The van der Waals surface area contributed by atoms with Crippen LogP contribution in [-0.2, 0) is 14.9 Å². The van der Waals surface area contributed by atoms with Crippen LogP contribution in [0.25, 0.3) is 0 Å². The molecule has 0 N–H and O–H groups in total. The van der Waals surface area contributed by atoms with Crippen molar-refractivity contribution < 1.29 is 18.9 Å². The lowest BCUT2D eigenvalue weighted by Gasteiger charge is -2.57. The Morgan fingerprint density at radius 2 is 1.44 bits per heavy atom. The first kappa shape index (κ1) is 16.7. The molecule has 27 heavy (non-hydrogen) atoms. The number of epoxide rings is 2. The number of ether oxygens (including phenoxy) is 4. The molecule has 2 aliphatic heterocycles. The van der Waals surface area contributed by atoms with E-state index >= 15 is 0 Å². The van der Waals surface area contributed by atoms with Gasteiger partial charge in [0, 0.05) is 5.56 Å². The Labute approximate surface area is 161 Å². The summed E-state index contributed by atoms with van der Waals surface area (Å²) in [4.78, 5) is 0. The zero-order valence-corrected chi connectivity index (χ0v) is 16.2. The standard InChI is InChI=1S/C23H30O4/c1-14-2-18(24-10-19-11-25-19)6-21(22(14)27-13-20-12-26-20)23-7-15-3-16(8-23)5-17(4-15)9-23/h2,6,15-17,19-20H,3-5,7-13H2,1H3. The van der Waals surface area contributed by atoms with Crippen molar-refractivity contribution in [3.63, 3.8) is 0 Å². The van der Waals surface area contributed by atoms with Crippen LogP contribution in [0.15, 0.2) is 12.1 Å². The number of hydrogen-bond donors (Lipinski definition) is 0. The van der Waals surface area contributed by atoms with Gasteiger partial charge in [0.25, 0.3) is 0 Å². The molecule has 4 aliphatic carbocycles. The van der Waals surface area contributed by atoms with Crippen LogP contribution < -0.4 is 9.47 Å². The highest BCUT2D eigenvalue weighted by Gasteiger charge is 2.52. The molecule has 6 fully saturated rings. The fourth-order valence-electron chi connectivity index (χ4n) is 6.54. The van der Waals surface area contributed by atoms with E-state index in [9.17, 15) is 0 Å². The summed E-state index contributed by atoms with van der Waals surface area (Å²) in [5, 5.41) is 0. The van der Waals surface area contributed by atoms with Gasteiger partial charge in [0.1, 0.15) is 36.9 Å². The molecule has 146 valence electrons. The summed E-state index contributed by atoms with van der Waals surface area (Å²) in [6, 6.07) is 4.46. The highest BCUT2D eigenvalue weighted by molar-refractivity contribution is 5.51. The van der Waals surface area contributed by atoms with Gasteiger partial charge >= 0.3 is 0 Å². The highest BCUT2D eigenvalue weighted by atomic mass is 16.6. The van der Waals surface area contributed by atoms with E-state index in [0.29, 0.717) is 18.6 Å². The van der Waals surface area contributed by atoms with E-state index in [-0.39, 0.29) is 12.2 Å². The Morgan fingerprint density at radius 3 is 2.00 bits per heavy atom. The minimum Gasteiger partial charge on any atom is -0.491 e. The van der Waals surface area contributed by atoms with Gasteiger partial charge < -0.3 is 18.9 Å². The summed E-state index contributed by atoms with van der Waals surface area (Å²) in [6.07, 6.45) is 8.96. The Bertz CT molecular complexity index is 699. The predicted octanol–water partition coefficient (Wildman–Crippen LogP) is 4.02. The van der Waals surface area contributed by atoms with Crippen LogP contribution in [0.5, 0.6) is 11.5 Å². The van der Waals surface area contributed by atoms with E-state index in [0.717, 1.165) is 42.5 Å². The monoisotopic (exact) mass is 370 g/mol. The van der Waals surface area contributed by atoms with Crippen molar-refractivity contribution in [1.29, 1.82) is 0 Å². The molecular formula is C23H30O4. The van der Waals surface area contributed by atoms with E-state index in [1.54, 1.807) is 0 Å². The first-order valence-corrected chi connectivity index (χ1v) is 10.8. The summed E-state index contributed by atoms with van der Waals surface area (Å²) in [5.74, 6) is 4.85. The Kier molecular flexibility index (Phi) is 3.78. The van der Waals surface area contributed by atoms with Gasteiger partial charge in [-0.3, -0.25) is 0 Å². The number of benzene rings is 1. The van der Waals surface area contributed by atoms with Crippen molar-refractivity contribution in [1.82, 2.24) is 0 Å². The molecule has 2 saturated heterocycles. The molecule has 1 aromatic carbocycles. The Hall–Kier alpha value is -1.26. The summed E-state index contributed by atoms with van der Waals surface area (Å²) in [7, 11) is 0. The average Bonchev–Trinajstić information content (AvgIpc) is 3.52. The summed E-state index contributed by atoms with van der Waals surface area (Å²) in [5.41, 5.74) is 2.93. The quantitative estimate of drug-likeness (QED) is 0.680. The lowest BCUT2D eigenvalue weighted by Crippen LogP contribution is -2.48. The van der Waals surface area contributed by atoms with Gasteiger partial charge in [-0.1, -0.05) is 0 Å². The molecule has 0 aromatic heterocycles. The third-order valence-electron chi connectivity index (χ3n) is 7.51. The first-order chi connectivity index (χ1) is 13.2. The van der Waals surface area contributed by atoms with Crippen molar-refractivity contribution in [3.8, 4) is 11.5 Å². The second-order valence-electron chi connectivity index (χ2n) is 9.85. The summed E-state index contributed by atoms with van der Waals surface area (Å²) >= 11 is 0. The second-order valence-corrected chi connectivity index (χ2v) is 9.85. The molecule has 2 heterocycles. The minimum atomic E-state index is 0.288. The van der Waals surface area contributed by atoms with Crippen LogP contribution in [0.2, 0.25) is 0 Å². The largest absolute Gasteiger partial charge is 0.491 e. The smallest absolute Gasteiger partial charge is 0.126 e. The van der Waals surface area contributed by atoms with E-state index in [1.165, 1.54) is 49.7 Å². The summed E-state index contributed by atoms with van der Waals surface area (Å²) in [6.45, 7) is 5.19. The number of hydrogen-bond acceptors (Lipinski definition) is 4. The maximum absolute atomic E-state index is 6.37. The molecule has 4 bridgehead atoms. The van der Waals surface area contributed by atoms with Crippen LogP contribution >= 0.6 is 0 Å². The maximum atomic E-state index is 6.37. The molecule has 0 spiro atoms. The van der Waals surface area contributed by atoms with Gasteiger partial charge in [0.05, 0.1) is 13.2 Å². The van der Waals surface area contributed by atoms with Crippen LogP contribution in [0.1, 0.15) is 49.7 Å². The van der Waals surface area contributed by atoms with Gasteiger partial charge in [0.2, 0.25) is 0 Å². The minimum absolute atomic E-state index is 0.288. The van der Waals surface area contributed by atoms with Crippen molar-refractivity contribution in [2.24, 2.45) is 17.8 Å². The lowest BCUT2D eigenvalue weighted by atomic mass is 9.48. The maximum Gasteiger partial charge on any atom is 0.126 e. The molecule has 4 nitrogen and oxygen atoms in total. The molecule has 6 aliphatic rings. The van der Waals surface area contributed by atoms with Crippen molar-refractivity contribution in [3.05, 3.63) is 23.3 Å². The fourth-order valence-corrected chi connectivity index (χ4v) is 6.54. The van der Waals surface area contributed by atoms with E-state index < -0.39 is 0 Å². The first-order valence-electron chi connectivity index (χ1n) is 10.8. The molecule has 0 amide bonds. The molecule has 2 unspecified atom stereocenters. The second kappa shape index (κ2) is 6.12. The zero-order chi connectivity index (χ0) is 18.0. The molecule has 1 aromatic rings. The van der Waals surface area contributed by atoms with Gasteiger partial charge in [-0.15, -0.1) is 0 Å². The third-order valence-corrected chi connectivity index (χ3v) is 7.51. The molecular weight excluding hydrogens is 340 g/mol. The normalized spacial score (nSPS) is 40.9. The van der Waals surface area contributed by atoms with Crippen molar-refractivity contribution >= 4 is 0 Å². The average molecular weight is 370 g/mol. The molecule has 2 atom stereocenters. The topological polar surface area (TPSA) is 43.5 Å². The fraction of sp³-hybridized carbons (Fsp3) is 0.739. The lowest BCUT2D eigenvalue weighted by molar-refractivity contribution is -0.00660. The van der Waals surface area contributed by atoms with Crippen LogP contribution in [0, 0.1) is 24.7 Å². The Balaban J connectivity index is 1.36. The van der Waals surface area contributed by atoms with Gasteiger partial charge in [-0.25, -0.2) is 0 Å². The van der Waals surface area contributed by atoms with Gasteiger partial charge in [-0.05, 0) is 86.3 Å². The van der Waals surface area contributed by atoms with Crippen LogP contribution in [-0.4, -0.2) is 38.6 Å². The van der Waals surface area contributed by atoms with Gasteiger partial charge in [0.15, 0.2) is 0 Å². The van der Waals surface area contributed by atoms with Crippen molar-refractivity contribution in [2.75, 3.05) is 26.4 Å². The Morgan fingerprint density at radius 1 is 0.889 bits per heavy atom. The van der Waals surface area contributed by atoms with Gasteiger partial charge in [-0.2, -0.15) is 0 Å². The summed E-state index contributed by atoms with van der Waals surface area (Å²) < 4.78 is 23.2. The van der Waals surface area contributed by atoms with Crippen molar-refractivity contribution in [2.45, 2.75) is 63.1 Å². The van der Waals surface area contributed by atoms with E-state index in [1.807, 2.05) is 0 Å². The van der Waals surface area contributed by atoms with Crippen LogP contribution in [0.3, 0.4) is 0 Å². The number of aryl methyl sites for hydroxylation is 1. The molecule has 0 radical (unpaired) electrons. The number of rotatable bonds is 7. The highest BCUT2D eigenvalue weighted by Crippen LogP contribution is 2.62. The SMILES string of the molecule is Cc1cc(OCC2CO2)cc(C23CC4CC(CC(C4)C2)C3)c1OCC1CO1. The molecule has 4 saturated carbocycles.